The molecule has 8 heteroatoms. The third kappa shape index (κ3) is 4.14. The van der Waals surface area contributed by atoms with Crippen molar-refractivity contribution >= 4 is 15.1 Å². The summed E-state index contributed by atoms with van der Waals surface area (Å²) >= 11 is 0. The Hall–Kier alpha value is -1.52. The minimum absolute atomic E-state index is 0.195. The fourth-order valence-corrected chi connectivity index (χ4v) is 10.2. The van der Waals surface area contributed by atoms with E-state index in [2.05, 4.69) is 5.09 Å². The van der Waals surface area contributed by atoms with E-state index in [0.29, 0.717) is 5.31 Å². The summed E-state index contributed by atoms with van der Waals surface area (Å²) in [6.07, 6.45) is 0. The van der Waals surface area contributed by atoms with Gasteiger partial charge < -0.3 is 13.6 Å². The molecule has 2 aromatic rings. The summed E-state index contributed by atoms with van der Waals surface area (Å²) in [5.74, 6) is 0. The number of rotatable bonds is 8. The zero-order valence-electron chi connectivity index (χ0n) is 18.7. The lowest BCUT2D eigenvalue weighted by atomic mass is 9.80. The molecule has 0 aromatic heterocycles. The number of nitrogens with one attached hydrogen (secondary N) is 1. The lowest BCUT2D eigenvalue weighted by Gasteiger charge is -2.39. The van der Waals surface area contributed by atoms with Crippen molar-refractivity contribution in [2.75, 3.05) is 20.3 Å². The Bertz CT molecular complexity index is 969. The number of benzene rings is 2. The number of allylic oxidation sites excluding steroid dienone is 1. The summed E-state index contributed by atoms with van der Waals surface area (Å²) in [6, 6.07) is 19.2. The molecule has 2 atom stereocenters. The Morgan fingerprint density at radius 3 is 1.77 bits per heavy atom. The standard InChI is InChI=1S/C23H31NO5P2/c1-6-28-31(26,29-7-2)22-21(18(3)4)30(25,27-5)24-23(22,19-14-10-8-11-15-19)20-16-12-9-13-17-20/h8-17,22H,6-7H2,1-5H3,(H,24,25). The summed E-state index contributed by atoms with van der Waals surface area (Å²) in [7, 11) is -5.96. The lowest BCUT2D eigenvalue weighted by Crippen LogP contribution is -2.46. The van der Waals surface area contributed by atoms with E-state index in [-0.39, 0.29) is 13.2 Å². The molecule has 0 radical (unpaired) electrons. The first-order chi connectivity index (χ1) is 14.8. The van der Waals surface area contributed by atoms with Crippen LogP contribution in [-0.4, -0.2) is 26.0 Å². The van der Waals surface area contributed by atoms with Gasteiger partial charge in [0.05, 0.1) is 18.8 Å². The van der Waals surface area contributed by atoms with E-state index in [9.17, 15) is 9.13 Å². The van der Waals surface area contributed by atoms with Gasteiger partial charge in [-0.3, -0.25) is 9.13 Å². The van der Waals surface area contributed by atoms with Crippen LogP contribution in [-0.2, 0) is 28.2 Å². The topological polar surface area (TPSA) is 73.9 Å². The van der Waals surface area contributed by atoms with Crippen LogP contribution in [0.1, 0.15) is 38.8 Å². The lowest BCUT2D eigenvalue weighted by molar-refractivity contribution is 0.207. The molecule has 0 aliphatic carbocycles. The van der Waals surface area contributed by atoms with E-state index in [1.165, 1.54) is 7.11 Å². The fourth-order valence-electron chi connectivity index (χ4n) is 4.38. The van der Waals surface area contributed by atoms with Crippen LogP contribution in [0.5, 0.6) is 0 Å². The molecule has 0 bridgehead atoms. The third-order valence-corrected chi connectivity index (χ3v) is 10.7. The summed E-state index contributed by atoms with van der Waals surface area (Å²) in [6.45, 7) is 7.65. The van der Waals surface area contributed by atoms with Crippen LogP contribution in [0.2, 0.25) is 0 Å². The van der Waals surface area contributed by atoms with Gasteiger partial charge in [-0.05, 0) is 38.8 Å². The van der Waals surface area contributed by atoms with Crippen molar-refractivity contribution in [3.63, 3.8) is 0 Å². The first-order valence-corrected chi connectivity index (χ1v) is 13.7. The summed E-state index contributed by atoms with van der Waals surface area (Å²) in [4.78, 5) is 0. The fraction of sp³-hybridized carbons (Fsp3) is 0.391. The van der Waals surface area contributed by atoms with Crippen LogP contribution in [0.25, 0.3) is 0 Å². The Morgan fingerprint density at radius 1 is 0.968 bits per heavy atom. The van der Waals surface area contributed by atoms with Gasteiger partial charge in [0.15, 0.2) is 0 Å². The molecule has 1 aliphatic heterocycles. The summed E-state index contributed by atoms with van der Waals surface area (Å²) in [5, 5.41) is 3.76. The Balaban J connectivity index is 2.48. The molecule has 3 rings (SSSR count). The van der Waals surface area contributed by atoms with Crippen molar-refractivity contribution < 1.29 is 22.7 Å². The molecule has 2 unspecified atom stereocenters. The Kier molecular flexibility index (Phi) is 7.43. The molecule has 31 heavy (non-hydrogen) atoms. The highest BCUT2D eigenvalue weighted by Gasteiger charge is 2.66. The number of hydrogen-bond acceptors (Lipinski definition) is 5. The van der Waals surface area contributed by atoms with Gasteiger partial charge in [-0.1, -0.05) is 66.2 Å². The SMILES string of the molecule is CCOP(=O)(OCC)C1C(=C(C)C)P(=O)(OC)NC1(c1ccccc1)c1ccccc1. The Labute approximate surface area is 185 Å². The first kappa shape index (κ1) is 24.1. The maximum Gasteiger partial charge on any atom is 0.340 e. The van der Waals surface area contributed by atoms with Crippen LogP contribution < -0.4 is 5.09 Å². The molecule has 6 nitrogen and oxygen atoms in total. The van der Waals surface area contributed by atoms with E-state index in [1.807, 2.05) is 74.5 Å². The second kappa shape index (κ2) is 9.54. The maximum atomic E-state index is 14.4. The predicted molar refractivity (Wildman–Crippen MR) is 124 cm³/mol. The predicted octanol–water partition coefficient (Wildman–Crippen LogP) is 6.30. The van der Waals surface area contributed by atoms with Crippen LogP contribution in [0.15, 0.2) is 71.6 Å². The highest BCUT2D eigenvalue weighted by molar-refractivity contribution is 7.65. The number of hydrogen-bond donors (Lipinski definition) is 1. The van der Waals surface area contributed by atoms with Crippen molar-refractivity contribution in [1.29, 1.82) is 0 Å². The summed E-state index contributed by atoms with van der Waals surface area (Å²) in [5.41, 5.74) is 0.357. The van der Waals surface area contributed by atoms with E-state index < -0.39 is 26.3 Å². The van der Waals surface area contributed by atoms with Crippen molar-refractivity contribution in [2.24, 2.45) is 0 Å². The zero-order chi connectivity index (χ0) is 22.7. The average molecular weight is 463 g/mol. The van der Waals surface area contributed by atoms with Gasteiger partial charge in [0.1, 0.15) is 5.66 Å². The molecule has 1 N–H and O–H groups in total. The molecule has 2 aromatic carbocycles. The molecule has 0 spiro atoms. The monoisotopic (exact) mass is 463 g/mol. The van der Waals surface area contributed by atoms with Crippen LogP contribution in [0, 0.1) is 0 Å². The molecule has 1 fully saturated rings. The third-order valence-electron chi connectivity index (χ3n) is 5.47. The first-order valence-electron chi connectivity index (χ1n) is 10.4. The molecule has 168 valence electrons. The molecule has 0 saturated carbocycles. The van der Waals surface area contributed by atoms with Crippen molar-refractivity contribution in [3.05, 3.63) is 82.7 Å². The molecular formula is C23H31NO5P2. The molecule has 1 heterocycles. The minimum Gasteiger partial charge on any atom is -0.318 e. The van der Waals surface area contributed by atoms with Crippen LogP contribution in [0.4, 0.5) is 0 Å². The van der Waals surface area contributed by atoms with Gasteiger partial charge in [-0.2, -0.15) is 0 Å². The van der Waals surface area contributed by atoms with Crippen LogP contribution >= 0.6 is 15.1 Å². The maximum absolute atomic E-state index is 14.4. The molecule has 0 amide bonds. The largest absolute Gasteiger partial charge is 0.340 e. The van der Waals surface area contributed by atoms with Gasteiger partial charge in [0.2, 0.25) is 0 Å². The summed E-state index contributed by atoms with van der Waals surface area (Å²) < 4.78 is 45.9. The second-order valence-electron chi connectivity index (χ2n) is 7.55. The molecular weight excluding hydrogens is 432 g/mol. The van der Waals surface area contributed by atoms with Crippen molar-refractivity contribution in [3.8, 4) is 0 Å². The van der Waals surface area contributed by atoms with Gasteiger partial charge >= 0.3 is 7.60 Å². The smallest absolute Gasteiger partial charge is 0.318 e. The van der Waals surface area contributed by atoms with Gasteiger partial charge in [-0.15, -0.1) is 0 Å². The normalized spacial score (nSPS) is 23.1. The van der Waals surface area contributed by atoms with Crippen molar-refractivity contribution in [2.45, 2.75) is 38.9 Å². The van der Waals surface area contributed by atoms with E-state index in [1.54, 1.807) is 13.8 Å². The van der Waals surface area contributed by atoms with E-state index in [4.69, 9.17) is 13.6 Å². The van der Waals surface area contributed by atoms with Gasteiger partial charge in [0, 0.05) is 12.4 Å². The van der Waals surface area contributed by atoms with Crippen LogP contribution in [0.3, 0.4) is 0 Å². The zero-order valence-corrected chi connectivity index (χ0v) is 20.5. The Morgan fingerprint density at radius 2 is 1.42 bits per heavy atom. The highest BCUT2D eigenvalue weighted by atomic mass is 31.2. The molecule has 1 aliphatic rings. The van der Waals surface area contributed by atoms with E-state index >= 15 is 0 Å². The van der Waals surface area contributed by atoms with Crippen molar-refractivity contribution in [1.82, 2.24) is 5.09 Å². The quantitative estimate of drug-likeness (QED) is 0.463. The molecule has 1 saturated heterocycles. The van der Waals surface area contributed by atoms with Gasteiger partial charge in [0.25, 0.3) is 7.52 Å². The minimum atomic E-state index is -3.80. The highest BCUT2D eigenvalue weighted by Crippen LogP contribution is 2.75. The average Bonchev–Trinajstić information content (AvgIpc) is 3.07. The second-order valence-corrected chi connectivity index (χ2v) is 11.8. The van der Waals surface area contributed by atoms with Gasteiger partial charge in [-0.25, -0.2) is 5.09 Å². The van der Waals surface area contributed by atoms with E-state index in [0.717, 1.165) is 16.7 Å².